The summed E-state index contributed by atoms with van der Waals surface area (Å²) in [5.74, 6) is 4.83. The predicted octanol–water partition coefficient (Wildman–Crippen LogP) is 14.3. The fourth-order valence-electron chi connectivity index (χ4n) is 7.14. The van der Waals surface area contributed by atoms with Gasteiger partial charge in [0.05, 0.1) is 15.6 Å². The second-order valence-electron chi connectivity index (χ2n) is 18.3. The predicted molar refractivity (Wildman–Crippen MR) is 216 cm³/mol. The van der Waals surface area contributed by atoms with Crippen LogP contribution in [0.25, 0.3) is 0 Å². The lowest BCUT2D eigenvalue weighted by molar-refractivity contribution is 0.135. The summed E-state index contributed by atoms with van der Waals surface area (Å²) < 4.78 is 22.0. The molecule has 0 bridgehead atoms. The first-order valence-electron chi connectivity index (χ1n) is 19.2. The molecule has 3 nitrogen and oxygen atoms in total. The minimum Gasteiger partial charge on any atom is -0.491 e. The first-order valence-corrected chi connectivity index (χ1v) is 26.6. The standard InChI is InChI=1S/C40H72Br2O3Si2/c1-12-13-14-15-30-16-18-32(19-17-30)33-20-22-34(23-21-33)35-26-36(41)38(37(42)27-35)43-25-24-31(28-44-46(8,9)39(2,3)4)29-45-47(10,11)40(5,6)7/h26-27,30-34H,12-25,28-29H2,1-11H3. The van der Waals surface area contributed by atoms with Crippen LogP contribution in [0.15, 0.2) is 21.1 Å². The van der Waals surface area contributed by atoms with Gasteiger partial charge in [0, 0.05) is 19.1 Å². The highest BCUT2D eigenvalue weighted by atomic mass is 79.9. The Morgan fingerprint density at radius 1 is 0.723 bits per heavy atom. The molecule has 0 aliphatic heterocycles. The van der Waals surface area contributed by atoms with E-state index in [1.165, 1.54) is 82.6 Å². The van der Waals surface area contributed by atoms with Gasteiger partial charge in [-0.1, -0.05) is 87.0 Å². The molecule has 272 valence electrons. The maximum absolute atomic E-state index is 6.71. The second kappa shape index (κ2) is 18.2. The summed E-state index contributed by atoms with van der Waals surface area (Å²) in [5, 5.41) is 0.385. The van der Waals surface area contributed by atoms with E-state index >= 15 is 0 Å². The van der Waals surface area contributed by atoms with Crippen LogP contribution >= 0.6 is 31.9 Å². The van der Waals surface area contributed by atoms with Crippen LogP contribution in [0.1, 0.15) is 143 Å². The smallest absolute Gasteiger partial charge is 0.191 e. The van der Waals surface area contributed by atoms with Crippen molar-refractivity contribution in [1.29, 1.82) is 0 Å². The lowest BCUT2D eigenvalue weighted by Crippen LogP contribution is -2.44. The van der Waals surface area contributed by atoms with Crippen LogP contribution in [-0.2, 0) is 8.85 Å². The van der Waals surface area contributed by atoms with Gasteiger partial charge in [-0.2, -0.15) is 0 Å². The molecule has 0 atom stereocenters. The van der Waals surface area contributed by atoms with Gasteiger partial charge < -0.3 is 13.6 Å². The number of halogens is 2. The van der Waals surface area contributed by atoms with E-state index in [9.17, 15) is 0 Å². The number of rotatable bonds is 16. The molecule has 0 aromatic heterocycles. The number of benzene rings is 1. The Hall–Kier alpha value is 0.334. The van der Waals surface area contributed by atoms with Crippen LogP contribution in [0.2, 0.25) is 36.3 Å². The van der Waals surface area contributed by atoms with Crippen molar-refractivity contribution in [3.8, 4) is 5.75 Å². The second-order valence-corrected chi connectivity index (χ2v) is 29.7. The summed E-state index contributed by atoms with van der Waals surface area (Å²) in [6.07, 6.45) is 18.0. The summed E-state index contributed by atoms with van der Waals surface area (Å²) >= 11 is 7.80. The third-order valence-electron chi connectivity index (χ3n) is 12.8. The van der Waals surface area contributed by atoms with Crippen molar-refractivity contribution < 1.29 is 13.6 Å². The Morgan fingerprint density at radius 2 is 1.19 bits per heavy atom. The summed E-state index contributed by atoms with van der Waals surface area (Å²) in [6, 6.07) is 4.68. The van der Waals surface area contributed by atoms with Gasteiger partial charge in [-0.25, -0.2) is 0 Å². The Kier molecular flexibility index (Phi) is 16.2. The lowest BCUT2D eigenvalue weighted by Gasteiger charge is -2.39. The Labute approximate surface area is 310 Å². The minimum absolute atomic E-state index is 0.193. The Bertz CT molecular complexity index is 1020. The van der Waals surface area contributed by atoms with E-state index < -0.39 is 16.6 Å². The van der Waals surface area contributed by atoms with Crippen molar-refractivity contribution in [3.63, 3.8) is 0 Å². The quantitative estimate of drug-likeness (QED) is 0.123. The van der Waals surface area contributed by atoms with Crippen LogP contribution in [0.4, 0.5) is 0 Å². The highest BCUT2D eigenvalue weighted by Crippen LogP contribution is 2.46. The van der Waals surface area contributed by atoms with Crippen molar-refractivity contribution in [3.05, 3.63) is 26.6 Å². The molecular formula is C40H72Br2O3Si2. The van der Waals surface area contributed by atoms with Crippen LogP contribution in [0.3, 0.4) is 0 Å². The van der Waals surface area contributed by atoms with Gasteiger partial charge in [-0.05, 0) is 154 Å². The molecule has 2 aliphatic rings. The van der Waals surface area contributed by atoms with Gasteiger partial charge in [0.15, 0.2) is 16.6 Å². The van der Waals surface area contributed by atoms with Gasteiger partial charge in [0.25, 0.3) is 0 Å². The van der Waals surface area contributed by atoms with E-state index in [0.717, 1.165) is 52.1 Å². The van der Waals surface area contributed by atoms with Crippen molar-refractivity contribution in [2.24, 2.45) is 23.7 Å². The number of ether oxygens (including phenoxy) is 1. The highest BCUT2D eigenvalue weighted by molar-refractivity contribution is 9.11. The zero-order valence-corrected chi connectivity index (χ0v) is 37.5. The molecule has 0 spiro atoms. The molecule has 0 N–H and O–H groups in total. The molecule has 0 unspecified atom stereocenters. The summed E-state index contributed by atoms with van der Waals surface area (Å²) in [7, 11) is -3.69. The molecule has 7 heteroatoms. The molecule has 1 aromatic rings. The topological polar surface area (TPSA) is 27.7 Å². The van der Waals surface area contributed by atoms with Crippen molar-refractivity contribution >= 4 is 48.5 Å². The number of hydrogen-bond donors (Lipinski definition) is 0. The fraction of sp³-hybridized carbons (Fsp3) is 0.850. The number of unbranched alkanes of at least 4 members (excludes halogenated alkanes) is 2. The van der Waals surface area contributed by atoms with E-state index in [1.807, 2.05) is 0 Å². The van der Waals surface area contributed by atoms with E-state index in [2.05, 4.69) is 119 Å². The fourth-order valence-corrected chi connectivity index (χ4v) is 10.8. The third-order valence-corrected chi connectivity index (χ3v) is 23.0. The Balaban J connectivity index is 1.54. The SMILES string of the molecule is CCCCCC1CCC(C2CCC(c3cc(Br)c(OCCC(CO[Si](C)(C)C(C)(C)C)CO[Si](C)(C)C(C)(C)C)c(Br)c3)CC2)CC1. The average Bonchev–Trinajstić information content (AvgIpc) is 2.99. The zero-order chi connectivity index (χ0) is 35.0. The summed E-state index contributed by atoms with van der Waals surface area (Å²) in [4.78, 5) is 0. The summed E-state index contributed by atoms with van der Waals surface area (Å²) in [6.45, 7) is 27.7. The zero-order valence-electron chi connectivity index (χ0n) is 32.3. The van der Waals surface area contributed by atoms with E-state index in [-0.39, 0.29) is 10.1 Å². The van der Waals surface area contributed by atoms with Gasteiger partial charge in [-0.15, -0.1) is 0 Å². The molecule has 2 saturated carbocycles. The molecule has 2 aliphatic carbocycles. The van der Waals surface area contributed by atoms with Crippen LogP contribution < -0.4 is 4.74 Å². The van der Waals surface area contributed by atoms with Crippen LogP contribution in [-0.4, -0.2) is 36.5 Å². The molecule has 1 aromatic carbocycles. The van der Waals surface area contributed by atoms with E-state index in [1.54, 1.807) is 0 Å². The maximum atomic E-state index is 6.71. The Morgan fingerprint density at radius 3 is 1.64 bits per heavy atom. The molecule has 0 amide bonds. The molecule has 3 rings (SSSR count). The monoisotopic (exact) mass is 814 g/mol. The van der Waals surface area contributed by atoms with Crippen molar-refractivity contribution in [2.45, 2.75) is 174 Å². The average molecular weight is 817 g/mol. The van der Waals surface area contributed by atoms with E-state index in [0.29, 0.717) is 18.4 Å². The van der Waals surface area contributed by atoms with Crippen LogP contribution in [0.5, 0.6) is 5.75 Å². The molecule has 47 heavy (non-hydrogen) atoms. The molecule has 0 saturated heterocycles. The van der Waals surface area contributed by atoms with Gasteiger partial charge >= 0.3 is 0 Å². The molecule has 2 fully saturated rings. The molecular weight excluding hydrogens is 744 g/mol. The first-order chi connectivity index (χ1) is 21.8. The maximum Gasteiger partial charge on any atom is 0.191 e. The first kappa shape index (κ1) is 41.8. The normalized spacial score (nSPS) is 23.4. The van der Waals surface area contributed by atoms with Crippen LogP contribution in [0, 0.1) is 23.7 Å². The highest BCUT2D eigenvalue weighted by Gasteiger charge is 2.40. The van der Waals surface area contributed by atoms with Crippen molar-refractivity contribution in [1.82, 2.24) is 0 Å². The van der Waals surface area contributed by atoms with Crippen molar-refractivity contribution in [2.75, 3.05) is 19.8 Å². The third kappa shape index (κ3) is 12.5. The minimum atomic E-state index is -1.85. The van der Waals surface area contributed by atoms with E-state index in [4.69, 9.17) is 13.6 Å². The number of hydrogen-bond acceptors (Lipinski definition) is 3. The molecule has 0 heterocycles. The molecule has 0 radical (unpaired) electrons. The summed E-state index contributed by atoms with van der Waals surface area (Å²) in [5.41, 5.74) is 1.46. The van der Waals surface area contributed by atoms with Gasteiger partial charge in [0.1, 0.15) is 5.75 Å². The van der Waals surface area contributed by atoms with Gasteiger partial charge in [0.2, 0.25) is 0 Å². The lowest BCUT2D eigenvalue weighted by atomic mass is 9.68. The van der Waals surface area contributed by atoms with Gasteiger partial charge in [-0.3, -0.25) is 0 Å². The largest absolute Gasteiger partial charge is 0.491 e.